The molecule has 0 unspecified atom stereocenters. The number of benzene rings is 2. The molecule has 0 atom stereocenters. The van der Waals surface area contributed by atoms with E-state index in [2.05, 4.69) is 10.6 Å². The highest BCUT2D eigenvalue weighted by Gasteiger charge is 2.20. The largest absolute Gasteiger partial charge is 0.353 e. The zero-order chi connectivity index (χ0) is 19.2. The van der Waals surface area contributed by atoms with E-state index in [1.54, 1.807) is 12.1 Å². The van der Waals surface area contributed by atoms with Gasteiger partial charge in [0.2, 0.25) is 5.91 Å². The number of amides is 2. The Hall–Kier alpha value is -2.73. The second-order valence-electron chi connectivity index (χ2n) is 6.97. The molecule has 0 aromatic heterocycles. The number of halogens is 1. The molecule has 3 rings (SSSR count). The lowest BCUT2D eigenvalue weighted by molar-refractivity contribution is -0.121. The molecule has 0 spiro atoms. The monoisotopic (exact) mass is 369 g/mol. The van der Waals surface area contributed by atoms with Crippen molar-refractivity contribution in [2.75, 3.05) is 5.32 Å². The average molecular weight is 369 g/mol. The standard InChI is InChI=1S/C21H24FN3O2/c22-16-7-5-14(6-8-16)21(27)25-19-4-2-1-3-15(19)13-20(26)24-18-11-9-17(23)10-12-18/h1-8,17-18H,9-13,23H2,(H,24,26)(H,25,27). The van der Waals surface area contributed by atoms with E-state index < -0.39 is 5.82 Å². The highest BCUT2D eigenvalue weighted by molar-refractivity contribution is 6.04. The second kappa shape index (κ2) is 8.77. The maximum Gasteiger partial charge on any atom is 0.255 e. The number of para-hydroxylation sites is 1. The summed E-state index contributed by atoms with van der Waals surface area (Å²) in [6.07, 6.45) is 3.83. The summed E-state index contributed by atoms with van der Waals surface area (Å²) in [5, 5.41) is 5.86. The van der Waals surface area contributed by atoms with Crippen molar-refractivity contribution in [2.45, 2.75) is 44.2 Å². The molecule has 2 aromatic carbocycles. The number of anilines is 1. The minimum absolute atomic E-state index is 0.0704. The minimum atomic E-state index is -0.396. The van der Waals surface area contributed by atoms with Crippen molar-refractivity contribution in [3.63, 3.8) is 0 Å². The fraction of sp³-hybridized carbons (Fsp3) is 0.333. The van der Waals surface area contributed by atoms with Gasteiger partial charge in [0, 0.05) is 23.3 Å². The van der Waals surface area contributed by atoms with Crippen LogP contribution >= 0.6 is 0 Å². The molecule has 0 bridgehead atoms. The quantitative estimate of drug-likeness (QED) is 0.757. The highest BCUT2D eigenvalue weighted by Crippen LogP contribution is 2.19. The topological polar surface area (TPSA) is 84.2 Å². The van der Waals surface area contributed by atoms with E-state index in [-0.39, 0.29) is 30.3 Å². The van der Waals surface area contributed by atoms with Crippen molar-refractivity contribution in [3.05, 3.63) is 65.5 Å². The summed E-state index contributed by atoms with van der Waals surface area (Å²) < 4.78 is 13.0. The maximum atomic E-state index is 13.0. The van der Waals surface area contributed by atoms with Gasteiger partial charge in [0.05, 0.1) is 6.42 Å². The minimum Gasteiger partial charge on any atom is -0.353 e. The number of rotatable bonds is 5. The molecule has 2 aromatic rings. The molecule has 2 amide bonds. The molecule has 0 heterocycles. The van der Waals surface area contributed by atoms with E-state index in [9.17, 15) is 14.0 Å². The van der Waals surface area contributed by atoms with E-state index in [1.165, 1.54) is 24.3 Å². The molecular weight excluding hydrogens is 345 g/mol. The summed E-state index contributed by atoms with van der Waals surface area (Å²) in [6.45, 7) is 0. The number of nitrogens with one attached hydrogen (secondary N) is 2. The fourth-order valence-electron chi connectivity index (χ4n) is 3.31. The molecule has 0 saturated heterocycles. The Morgan fingerprint density at radius 1 is 1.00 bits per heavy atom. The van der Waals surface area contributed by atoms with Gasteiger partial charge in [0.15, 0.2) is 0 Å². The third-order valence-corrected chi connectivity index (χ3v) is 4.86. The Kier molecular flexibility index (Phi) is 6.19. The molecular formula is C21H24FN3O2. The van der Waals surface area contributed by atoms with Crippen molar-refractivity contribution in [1.82, 2.24) is 5.32 Å². The van der Waals surface area contributed by atoms with Gasteiger partial charge < -0.3 is 16.4 Å². The molecule has 0 radical (unpaired) electrons. The summed E-state index contributed by atoms with van der Waals surface area (Å²) in [6, 6.07) is 12.9. The molecule has 0 aliphatic heterocycles. The Labute approximate surface area is 158 Å². The second-order valence-corrected chi connectivity index (χ2v) is 6.97. The number of carbonyl (C=O) groups is 2. The van der Waals surface area contributed by atoms with E-state index in [4.69, 9.17) is 5.73 Å². The van der Waals surface area contributed by atoms with Gasteiger partial charge in [0.25, 0.3) is 5.91 Å². The van der Waals surface area contributed by atoms with Crippen molar-refractivity contribution in [3.8, 4) is 0 Å². The summed E-state index contributed by atoms with van der Waals surface area (Å²) in [4.78, 5) is 24.8. The van der Waals surface area contributed by atoms with Crippen LogP contribution in [0.25, 0.3) is 0 Å². The molecule has 1 saturated carbocycles. The first-order chi connectivity index (χ1) is 13.0. The molecule has 6 heteroatoms. The summed E-state index contributed by atoms with van der Waals surface area (Å²) in [5.41, 5.74) is 7.57. The van der Waals surface area contributed by atoms with Crippen molar-refractivity contribution in [1.29, 1.82) is 0 Å². The Morgan fingerprint density at radius 2 is 1.67 bits per heavy atom. The average Bonchev–Trinajstić information content (AvgIpc) is 2.65. The van der Waals surface area contributed by atoms with Crippen molar-refractivity contribution >= 4 is 17.5 Å². The predicted molar refractivity (Wildman–Crippen MR) is 103 cm³/mol. The number of carbonyl (C=O) groups excluding carboxylic acids is 2. The van der Waals surface area contributed by atoms with Crippen LogP contribution in [0.3, 0.4) is 0 Å². The van der Waals surface area contributed by atoms with Crippen molar-refractivity contribution < 1.29 is 14.0 Å². The third-order valence-electron chi connectivity index (χ3n) is 4.86. The first kappa shape index (κ1) is 19.0. The molecule has 1 aliphatic rings. The molecule has 27 heavy (non-hydrogen) atoms. The number of hydrogen-bond donors (Lipinski definition) is 3. The number of nitrogens with two attached hydrogens (primary N) is 1. The molecule has 4 N–H and O–H groups in total. The van der Waals surface area contributed by atoms with Gasteiger partial charge in [-0.05, 0) is 61.6 Å². The van der Waals surface area contributed by atoms with E-state index >= 15 is 0 Å². The Balaban J connectivity index is 1.62. The van der Waals surface area contributed by atoms with Crippen LogP contribution in [0.5, 0.6) is 0 Å². The Morgan fingerprint density at radius 3 is 2.37 bits per heavy atom. The lowest BCUT2D eigenvalue weighted by Gasteiger charge is -2.27. The first-order valence-electron chi connectivity index (χ1n) is 9.21. The SMILES string of the molecule is NC1CCC(NC(=O)Cc2ccccc2NC(=O)c2ccc(F)cc2)CC1. The van der Waals surface area contributed by atoms with Crippen LogP contribution < -0.4 is 16.4 Å². The number of hydrogen-bond acceptors (Lipinski definition) is 3. The summed E-state index contributed by atoms with van der Waals surface area (Å²) in [5.74, 6) is -0.810. The van der Waals surface area contributed by atoms with E-state index in [1.807, 2.05) is 12.1 Å². The van der Waals surface area contributed by atoms with Gasteiger partial charge in [-0.15, -0.1) is 0 Å². The fourth-order valence-corrected chi connectivity index (χ4v) is 3.31. The van der Waals surface area contributed by atoms with Gasteiger partial charge >= 0.3 is 0 Å². The summed E-state index contributed by atoms with van der Waals surface area (Å²) >= 11 is 0. The first-order valence-corrected chi connectivity index (χ1v) is 9.21. The molecule has 142 valence electrons. The van der Waals surface area contributed by atoms with Gasteiger partial charge in [-0.3, -0.25) is 9.59 Å². The zero-order valence-electron chi connectivity index (χ0n) is 15.1. The Bertz CT molecular complexity index is 799. The zero-order valence-corrected chi connectivity index (χ0v) is 15.1. The molecule has 1 fully saturated rings. The lowest BCUT2D eigenvalue weighted by Crippen LogP contribution is -2.41. The van der Waals surface area contributed by atoms with Gasteiger partial charge in [-0.2, -0.15) is 0 Å². The molecule has 1 aliphatic carbocycles. The smallest absolute Gasteiger partial charge is 0.255 e. The third kappa shape index (κ3) is 5.37. The van der Waals surface area contributed by atoms with Crippen molar-refractivity contribution in [2.24, 2.45) is 5.73 Å². The van der Waals surface area contributed by atoms with E-state index in [0.29, 0.717) is 11.3 Å². The van der Waals surface area contributed by atoms with Crippen LogP contribution in [0.2, 0.25) is 0 Å². The lowest BCUT2D eigenvalue weighted by atomic mass is 9.91. The maximum absolute atomic E-state index is 13.0. The summed E-state index contributed by atoms with van der Waals surface area (Å²) in [7, 11) is 0. The van der Waals surface area contributed by atoms with E-state index in [0.717, 1.165) is 31.2 Å². The van der Waals surface area contributed by atoms with Crippen LogP contribution in [0.1, 0.15) is 41.6 Å². The van der Waals surface area contributed by atoms with Gasteiger partial charge in [0.1, 0.15) is 5.82 Å². The van der Waals surface area contributed by atoms with Crippen LogP contribution in [0.15, 0.2) is 48.5 Å². The van der Waals surface area contributed by atoms with Crippen LogP contribution in [0.4, 0.5) is 10.1 Å². The van der Waals surface area contributed by atoms with Gasteiger partial charge in [-0.1, -0.05) is 18.2 Å². The van der Waals surface area contributed by atoms with Gasteiger partial charge in [-0.25, -0.2) is 4.39 Å². The highest BCUT2D eigenvalue weighted by atomic mass is 19.1. The molecule has 5 nitrogen and oxygen atoms in total. The van der Waals surface area contributed by atoms with Crippen LogP contribution in [-0.2, 0) is 11.2 Å². The normalized spacial score (nSPS) is 19.3. The van der Waals surface area contributed by atoms with Crippen LogP contribution in [0, 0.1) is 5.82 Å². The predicted octanol–water partition coefficient (Wildman–Crippen LogP) is 3.01. The van der Waals surface area contributed by atoms with Crippen LogP contribution in [-0.4, -0.2) is 23.9 Å².